The van der Waals surface area contributed by atoms with Crippen LogP contribution in [0.4, 0.5) is 4.39 Å². The molecule has 0 amide bonds. The standard InChI is InChI=1S/C17H17BFNO3/c1-12-17(2,3)23-18(22-12)15-7-6-14(9-16(15)19)21-11-13-5-4-8-20-10-13/h4-10H,1,11H2,2-3H3. The third-order valence-electron chi connectivity index (χ3n) is 3.68. The predicted molar refractivity (Wildman–Crippen MR) is 85.7 cm³/mol. The first-order valence-corrected chi connectivity index (χ1v) is 7.31. The Hall–Kier alpha value is -2.34. The molecule has 1 aliphatic heterocycles. The maximum Gasteiger partial charge on any atom is 0.566 e. The van der Waals surface area contributed by atoms with Crippen LogP contribution < -0.4 is 10.2 Å². The van der Waals surface area contributed by atoms with Gasteiger partial charge in [0.1, 0.15) is 23.8 Å². The molecule has 1 aliphatic rings. The molecule has 1 aromatic heterocycles. The van der Waals surface area contributed by atoms with Crippen LogP contribution in [0, 0.1) is 5.82 Å². The van der Waals surface area contributed by atoms with Crippen molar-refractivity contribution in [2.45, 2.75) is 26.1 Å². The summed E-state index contributed by atoms with van der Waals surface area (Å²) in [6.45, 7) is 7.78. The van der Waals surface area contributed by atoms with E-state index >= 15 is 0 Å². The predicted octanol–water partition coefficient (Wildman–Crippen LogP) is 2.83. The Balaban J connectivity index is 1.70. The van der Waals surface area contributed by atoms with E-state index in [-0.39, 0.29) is 0 Å². The van der Waals surface area contributed by atoms with Crippen molar-refractivity contribution in [2.75, 3.05) is 0 Å². The maximum absolute atomic E-state index is 14.3. The molecule has 2 aromatic rings. The summed E-state index contributed by atoms with van der Waals surface area (Å²) in [5.41, 5.74) is 0.606. The van der Waals surface area contributed by atoms with Crippen molar-refractivity contribution >= 4 is 12.6 Å². The number of hydrogen-bond acceptors (Lipinski definition) is 4. The molecule has 1 saturated heterocycles. The topological polar surface area (TPSA) is 40.6 Å². The lowest BCUT2D eigenvalue weighted by molar-refractivity contribution is 0.173. The number of hydrogen-bond donors (Lipinski definition) is 0. The Morgan fingerprint density at radius 2 is 2.17 bits per heavy atom. The van der Waals surface area contributed by atoms with Crippen LogP contribution in [0.3, 0.4) is 0 Å². The van der Waals surface area contributed by atoms with E-state index in [4.69, 9.17) is 14.0 Å². The van der Waals surface area contributed by atoms with Crippen molar-refractivity contribution in [1.29, 1.82) is 0 Å². The van der Waals surface area contributed by atoms with Gasteiger partial charge >= 0.3 is 7.12 Å². The number of pyridine rings is 1. The minimum absolute atomic E-state index is 0.324. The van der Waals surface area contributed by atoms with Crippen LogP contribution in [-0.2, 0) is 15.9 Å². The third kappa shape index (κ3) is 3.37. The zero-order valence-corrected chi connectivity index (χ0v) is 13.1. The zero-order valence-electron chi connectivity index (χ0n) is 13.1. The minimum atomic E-state index is -0.787. The molecule has 0 bridgehead atoms. The summed E-state index contributed by atoms with van der Waals surface area (Å²) in [6, 6.07) is 8.34. The van der Waals surface area contributed by atoms with Gasteiger partial charge in [0, 0.05) is 29.5 Å². The van der Waals surface area contributed by atoms with E-state index in [2.05, 4.69) is 11.6 Å². The molecule has 2 heterocycles. The highest BCUT2D eigenvalue weighted by molar-refractivity contribution is 6.62. The molecule has 118 valence electrons. The van der Waals surface area contributed by atoms with Crippen LogP contribution >= 0.6 is 0 Å². The van der Waals surface area contributed by atoms with Gasteiger partial charge in [0.2, 0.25) is 0 Å². The van der Waals surface area contributed by atoms with Gasteiger partial charge in [-0.25, -0.2) is 4.39 Å². The van der Waals surface area contributed by atoms with E-state index < -0.39 is 18.5 Å². The van der Waals surface area contributed by atoms with Gasteiger partial charge < -0.3 is 14.0 Å². The van der Waals surface area contributed by atoms with Crippen LogP contribution in [0.5, 0.6) is 5.75 Å². The summed E-state index contributed by atoms with van der Waals surface area (Å²) >= 11 is 0. The molecular formula is C17H17BFNO3. The van der Waals surface area contributed by atoms with Crippen molar-refractivity contribution < 1.29 is 18.4 Å². The Labute approximate surface area is 135 Å². The third-order valence-corrected chi connectivity index (χ3v) is 3.68. The average Bonchev–Trinajstić information content (AvgIpc) is 2.79. The highest BCUT2D eigenvalue weighted by Crippen LogP contribution is 2.29. The largest absolute Gasteiger partial charge is 0.566 e. The van der Waals surface area contributed by atoms with Crippen molar-refractivity contribution in [2.24, 2.45) is 0 Å². The molecule has 0 N–H and O–H groups in total. The second kappa shape index (κ2) is 6.04. The van der Waals surface area contributed by atoms with Crippen LogP contribution in [0.15, 0.2) is 55.1 Å². The lowest BCUT2D eigenvalue weighted by atomic mass is 9.79. The molecule has 1 fully saturated rings. The first kappa shape index (κ1) is 15.6. The molecule has 0 atom stereocenters. The number of aromatic nitrogens is 1. The molecule has 0 radical (unpaired) electrons. The SMILES string of the molecule is C=C1OB(c2ccc(OCc3cccnc3)cc2F)OC1(C)C. The second-order valence-electron chi connectivity index (χ2n) is 5.83. The van der Waals surface area contributed by atoms with Gasteiger partial charge in [-0.3, -0.25) is 4.98 Å². The number of benzene rings is 1. The van der Waals surface area contributed by atoms with Gasteiger partial charge in [0.05, 0.1) is 5.76 Å². The molecule has 23 heavy (non-hydrogen) atoms. The van der Waals surface area contributed by atoms with Gasteiger partial charge in [0.25, 0.3) is 0 Å². The van der Waals surface area contributed by atoms with E-state index in [9.17, 15) is 4.39 Å². The van der Waals surface area contributed by atoms with Gasteiger partial charge in [-0.1, -0.05) is 18.7 Å². The summed E-state index contributed by atoms with van der Waals surface area (Å²) in [5.74, 6) is 0.481. The van der Waals surface area contributed by atoms with Gasteiger partial charge in [-0.15, -0.1) is 0 Å². The monoisotopic (exact) mass is 313 g/mol. The number of ether oxygens (including phenoxy) is 1. The first-order valence-electron chi connectivity index (χ1n) is 7.31. The van der Waals surface area contributed by atoms with Crippen molar-refractivity contribution in [3.8, 4) is 5.75 Å². The molecule has 1 aromatic carbocycles. The van der Waals surface area contributed by atoms with Crippen molar-refractivity contribution in [3.05, 3.63) is 66.4 Å². The molecule has 6 heteroatoms. The normalized spacial score (nSPS) is 16.3. The van der Waals surface area contributed by atoms with E-state index in [1.54, 1.807) is 24.5 Å². The number of nitrogens with zero attached hydrogens (tertiary/aromatic N) is 1. The lowest BCUT2D eigenvalue weighted by Gasteiger charge is -2.15. The van der Waals surface area contributed by atoms with Gasteiger partial charge in [0.15, 0.2) is 0 Å². The minimum Gasteiger partial charge on any atom is -0.534 e. The Morgan fingerprint density at radius 1 is 1.35 bits per heavy atom. The Morgan fingerprint density at radius 3 is 2.78 bits per heavy atom. The molecular weight excluding hydrogens is 296 g/mol. The van der Waals surface area contributed by atoms with Crippen LogP contribution in [0.1, 0.15) is 19.4 Å². The maximum atomic E-state index is 14.3. The number of halogens is 1. The van der Waals surface area contributed by atoms with E-state index in [0.717, 1.165) is 5.56 Å². The molecule has 0 unspecified atom stereocenters. The van der Waals surface area contributed by atoms with Gasteiger partial charge in [-0.05, 0) is 26.0 Å². The van der Waals surface area contributed by atoms with E-state index in [1.807, 2.05) is 26.0 Å². The van der Waals surface area contributed by atoms with Crippen molar-refractivity contribution in [3.63, 3.8) is 0 Å². The summed E-state index contributed by atoms with van der Waals surface area (Å²) in [7, 11) is -0.787. The molecule has 3 rings (SSSR count). The summed E-state index contributed by atoms with van der Waals surface area (Å²) < 4.78 is 31.1. The summed E-state index contributed by atoms with van der Waals surface area (Å²) in [4.78, 5) is 4.01. The molecule has 0 saturated carbocycles. The summed E-state index contributed by atoms with van der Waals surface area (Å²) in [5, 5.41) is 0. The fourth-order valence-corrected chi connectivity index (χ4v) is 2.19. The quantitative estimate of drug-likeness (QED) is 0.814. The van der Waals surface area contributed by atoms with Crippen LogP contribution in [-0.4, -0.2) is 17.7 Å². The smallest absolute Gasteiger partial charge is 0.534 e. The molecule has 0 aliphatic carbocycles. The first-order chi connectivity index (χ1) is 11.0. The highest BCUT2D eigenvalue weighted by atomic mass is 19.1. The lowest BCUT2D eigenvalue weighted by Crippen LogP contribution is -2.36. The van der Waals surface area contributed by atoms with E-state index in [0.29, 0.717) is 23.6 Å². The van der Waals surface area contributed by atoms with E-state index in [1.165, 1.54) is 6.07 Å². The fraction of sp³-hybridized carbons (Fsp3) is 0.235. The van der Waals surface area contributed by atoms with Gasteiger partial charge in [-0.2, -0.15) is 0 Å². The van der Waals surface area contributed by atoms with Crippen LogP contribution in [0.2, 0.25) is 0 Å². The van der Waals surface area contributed by atoms with Crippen molar-refractivity contribution in [1.82, 2.24) is 4.98 Å². The number of rotatable bonds is 4. The van der Waals surface area contributed by atoms with Crippen LogP contribution in [0.25, 0.3) is 0 Å². The Kier molecular flexibility index (Phi) is 4.09. The average molecular weight is 313 g/mol. The zero-order chi connectivity index (χ0) is 16.4. The highest BCUT2D eigenvalue weighted by Gasteiger charge is 2.44. The summed E-state index contributed by atoms with van der Waals surface area (Å²) in [6.07, 6.45) is 3.40. The molecule has 0 spiro atoms. The Bertz CT molecular complexity index is 721. The molecule has 4 nitrogen and oxygen atoms in total. The fourth-order valence-electron chi connectivity index (χ4n) is 2.19. The second-order valence-corrected chi connectivity index (χ2v) is 5.83.